The van der Waals surface area contributed by atoms with Crippen molar-refractivity contribution in [1.82, 2.24) is 20.3 Å². The van der Waals surface area contributed by atoms with Gasteiger partial charge in [-0.05, 0) is 25.5 Å². The maximum absolute atomic E-state index is 11.8. The quantitative estimate of drug-likeness (QED) is 0.841. The molecule has 1 saturated heterocycles. The second kappa shape index (κ2) is 5.20. The molecule has 2 aromatic heterocycles. The zero-order valence-electron chi connectivity index (χ0n) is 11.8. The molecule has 2 aromatic rings. The van der Waals surface area contributed by atoms with Crippen LogP contribution >= 0.6 is 0 Å². The summed E-state index contributed by atoms with van der Waals surface area (Å²) in [6.45, 7) is 6.83. The van der Waals surface area contributed by atoms with Crippen molar-refractivity contribution >= 4 is 16.9 Å². The molecular weight excluding hydrogens is 254 g/mol. The number of hydrogen-bond donors (Lipinski definition) is 2. The monoisotopic (exact) mass is 273 g/mol. The van der Waals surface area contributed by atoms with Crippen molar-refractivity contribution in [2.45, 2.75) is 26.3 Å². The fourth-order valence-electron chi connectivity index (χ4n) is 2.62. The summed E-state index contributed by atoms with van der Waals surface area (Å²) in [4.78, 5) is 25.5. The van der Waals surface area contributed by atoms with Crippen molar-refractivity contribution in [3.05, 3.63) is 28.3 Å². The van der Waals surface area contributed by atoms with Crippen LogP contribution in [0, 0.1) is 0 Å². The predicted octanol–water partition coefficient (Wildman–Crippen LogP) is 0.679. The molecule has 2 N–H and O–H groups in total. The first kappa shape index (κ1) is 13.1. The van der Waals surface area contributed by atoms with E-state index >= 15 is 0 Å². The Labute approximate surface area is 117 Å². The van der Waals surface area contributed by atoms with Crippen molar-refractivity contribution in [3.63, 3.8) is 0 Å². The van der Waals surface area contributed by atoms with Crippen molar-refractivity contribution < 1.29 is 0 Å². The highest BCUT2D eigenvalue weighted by molar-refractivity contribution is 5.85. The summed E-state index contributed by atoms with van der Waals surface area (Å²) in [5, 5.41) is 3.34. The number of pyridine rings is 1. The third kappa shape index (κ3) is 2.27. The van der Waals surface area contributed by atoms with E-state index in [1.165, 1.54) is 0 Å². The Morgan fingerprint density at radius 1 is 1.40 bits per heavy atom. The number of aromatic nitrogens is 3. The average molecular weight is 273 g/mol. The van der Waals surface area contributed by atoms with Crippen LogP contribution < -0.4 is 15.9 Å². The number of H-pyrrole nitrogens is 1. The number of nitrogens with zero attached hydrogens (tertiary/aromatic N) is 3. The van der Waals surface area contributed by atoms with Gasteiger partial charge in [-0.15, -0.1) is 0 Å². The summed E-state index contributed by atoms with van der Waals surface area (Å²) in [6.07, 6.45) is 0.867. The van der Waals surface area contributed by atoms with E-state index in [0.29, 0.717) is 11.9 Å². The SMILES string of the molecule is CCc1ccc2[nH]c(=O)nc(N3CCNCC3C)c2n1. The lowest BCUT2D eigenvalue weighted by Gasteiger charge is -2.35. The molecule has 0 aliphatic carbocycles. The summed E-state index contributed by atoms with van der Waals surface area (Å²) >= 11 is 0. The third-order valence-electron chi connectivity index (χ3n) is 3.75. The standard InChI is InChI=1S/C14H19N5O/c1-3-10-4-5-11-12(16-10)13(18-14(20)17-11)19-7-6-15-8-9(19)2/h4-5,9,15H,3,6-8H2,1-2H3,(H,17,18,20). The molecule has 1 atom stereocenters. The van der Waals surface area contributed by atoms with Gasteiger partial charge in [-0.1, -0.05) is 6.92 Å². The highest BCUT2D eigenvalue weighted by Gasteiger charge is 2.22. The van der Waals surface area contributed by atoms with Crippen LogP contribution in [0.1, 0.15) is 19.5 Å². The van der Waals surface area contributed by atoms with Gasteiger partial charge >= 0.3 is 5.69 Å². The first-order valence-corrected chi connectivity index (χ1v) is 7.06. The Hall–Kier alpha value is -1.95. The van der Waals surface area contributed by atoms with Crippen LogP contribution in [0.2, 0.25) is 0 Å². The Kier molecular flexibility index (Phi) is 3.40. The number of nitrogens with one attached hydrogen (secondary N) is 2. The van der Waals surface area contributed by atoms with Crippen LogP contribution in [-0.4, -0.2) is 40.6 Å². The zero-order valence-corrected chi connectivity index (χ0v) is 11.8. The van der Waals surface area contributed by atoms with Crippen LogP contribution in [0.15, 0.2) is 16.9 Å². The predicted molar refractivity (Wildman–Crippen MR) is 79.2 cm³/mol. The van der Waals surface area contributed by atoms with E-state index in [1.807, 2.05) is 12.1 Å². The van der Waals surface area contributed by atoms with E-state index in [0.717, 1.165) is 42.8 Å². The number of piperazine rings is 1. The van der Waals surface area contributed by atoms with Gasteiger partial charge in [0, 0.05) is 31.4 Å². The largest absolute Gasteiger partial charge is 0.349 e. The molecule has 0 saturated carbocycles. The van der Waals surface area contributed by atoms with E-state index in [4.69, 9.17) is 0 Å². The number of aryl methyl sites for hydroxylation is 1. The minimum absolute atomic E-state index is 0.299. The van der Waals surface area contributed by atoms with Crippen molar-refractivity contribution in [1.29, 1.82) is 0 Å². The van der Waals surface area contributed by atoms with Crippen LogP contribution in [0.4, 0.5) is 5.82 Å². The average Bonchev–Trinajstić information content (AvgIpc) is 2.46. The van der Waals surface area contributed by atoms with Crippen LogP contribution in [0.5, 0.6) is 0 Å². The number of anilines is 1. The summed E-state index contributed by atoms with van der Waals surface area (Å²) in [5.41, 5.74) is 2.24. The van der Waals surface area contributed by atoms with Gasteiger partial charge in [-0.3, -0.25) is 0 Å². The van der Waals surface area contributed by atoms with Gasteiger partial charge in [0.25, 0.3) is 0 Å². The maximum Gasteiger partial charge on any atom is 0.347 e. The minimum Gasteiger partial charge on any atom is -0.349 e. The molecule has 6 nitrogen and oxygen atoms in total. The van der Waals surface area contributed by atoms with E-state index in [1.54, 1.807) is 0 Å². The van der Waals surface area contributed by atoms with Crippen LogP contribution in [-0.2, 0) is 6.42 Å². The number of aromatic amines is 1. The minimum atomic E-state index is -0.315. The van der Waals surface area contributed by atoms with Gasteiger partial charge in [-0.2, -0.15) is 4.98 Å². The molecule has 0 amide bonds. The van der Waals surface area contributed by atoms with Gasteiger partial charge in [0.1, 0.15) is 5.52 Å². The first-order valence-electron chi connectivity index (χ1n) is 7.06. The second-order valence-corrected chi connectivity index (χ2v) is 5.16. The zero-order chi connectivity index (χ0) is 14.1. The first-order chi connectivity index (χ1) is 9.69. The summed E-state index contributed by atoms with van der Waals surface area (Å²) in [6, 6.07) is 4.16. The molecule has 3 rings (SSSR count). The molecule has 1 unspecified atom stereocenters. The molecule has 0 aromatic carbocycles. The molecule has 1 fully saturated rings. The Morgan fingerprint density at radius 2 is 2.25 bits per heavy atom. The lowest BCUT2D eigenvalue weighted by molar-refractivity contribution is 0.497. The van der Waals surface area contributed by atoms with E-state index < -0.39 is 0 Å². The highest BCUT2D eigenvalue weighted by atomic mass is 16.1. The molecule has 1 aliphatic rings. The van der Waals surface area contributed by atoms with Crippen molar-refractivity contribution in [2.75, 3.05) is 24.5 Å². The van der Waals surface area contributed by atoms with Gasteiger partial charge in [-0.25, -0.2) is 9.78 Å². The molecule has 0 spiro atoms. The van der Waals surface area contributed by atoms with E-state index in [2.05, 4.69) is 39.0 Å². The van der Waals surface area contributed by atoms with Crippen molar-refractivity contribution in [3.8, 4) is 0 Å². The lowest BCUT2D eigenvalue weighted by Crippen LogP contribution is -2.50. The normalized spacial score (nSPS) is 19.5. The summed E-state index contributed by atoms with van der Waals surface area (Å²) in [5.74, 6) is 0.702. The third-order valence-corrected chi connectivity index (χ3v) is 3.75. The number of rotatable bonds is 2. The smallest absolute Gasteiger partial charge is 0.347 e. The van der Waals surface area contributed by atoms with Gasteiger partial charge in [0.05, 0.1) is 5.52 Å². The fourth-order valence-corrected chi connectivity index (χ4v) is 2.62. The van der Waals surface area contributed by atoms with Gasteiger partial charge in [0.15, 0.2) is 5.82 Å². The molecule has 1 aliphatic heterocycles. The molecule has 6 heteroatoms. The highest BCUT2D eigenvalue weighted by Crippen LogP contribution is 2.22. The van der Waals surface area contributed by atoms with Crippen LogP contribution in [0.25, 0.3) is 11.0 Å². The second-order valence-electron chi connectivity index (χ2n) is 5.16. The van der Waals surface area contributed by atoms with Gasteiger partial charge < -0.3 is 15.2 Å². The lowest BCUT2D eigenvalue weighted by atomic mass is 10.2. The molecule has 106 valence electrons. The van der Waals surface area contributed by atoms with Gasteiger partial charge in [0.2, 0.25) is 0 Å². The molecule has 3 heterocycles. The summed E-state index contributed by atoms with van der Waals surface area (Å²) in [7, 11) is 0. The Balaban J connectivity index is 2.19. The van der Waals surface area contributed by atoms with E-state index in [-0.39, 0.29) is 5.69 Å². The number of hydrogen-bond acceptors (Lipinski definition) is 5. The topological polar surface area (TPSA) is 73.9 Å². The molecular formula is C14H19N5O. The summed E-state index contributed by atoms with van der Waals surface area (Å²) < 4.78 is 0. The number of fused-ring (bicyclic) bond motifs is 1. The Morgan fingerprint density at radius 3 is 3.00 bits per heavy atom. The van der Waals surface area contributed by atoms with Crippen LogP contribution in [0.3, 0.4) is 0 Å². The molecule has 0 bridgehead atoms. The van der Waals surface area contributed by atoms with Crippen molar-refractivity contribution in [2.24, 2.45) is 0 Å². The van der Waals surface area contributed by atoms with E-state index in [9.17, 15) is 4.79 Å². The Bertz CT molecular complexity index is 681. The fraction of sp³-hybridized carbons (Fsp3) is 0.500. The molecule has 20 heavy (non-hydrogen) atoms. The maximum atomic E-state index is 11.8. The molecule has 0 radical (unpaired) electrons.